The number of phosphoric acid groups is 1. The fourth-order valence-corrected chi connectivity index (χ4v) is 9.95. The lowest BCUT2D eigenvalue weighted by Crippen LogP contribution is -2.35. The third kappa shape index (κ3) is 9.93. The van der Waals surface area contributed by atoms with Gasteiger partial charge in [0.2, 0.25) is 0 Å². The topological polar surface area (TPSA) is 316 Å². The van der Waals surface area contributed by atoms with Crippen molar-refractivity contribution in [1.82, 2.24) is 34.5 Å². The molecule has 2 unspecified atom stereocenters. The number of nitro groups is 1. The number of nitrogens with one attached hydrogen (secondary N) is 1. The van der Waals surface area contributed by atoms with Gasteiger partial charge in [-0.25, -0.2) is 28.6 Å². The van der Waals surface area contributed by atoms with E-state index in [9.17, 15) is 34.7 Å². The average Bonchev–Trinajstić information content (AvgIpc) is 4.04. The number of alkyl halides is 1. The summed E-state index contributed by atoms with van der Waals surface area (Å²) < 4.78 is 72.8. The average molecular weight is 932 g/mol. The van der Waals surface area contributed by atoms with E-state index < -0.39 is 94.2 Å². The van der Waals surface area contributed by atoms with Gasteiger partial charge in [-0.15, -0.1) is 5.10 Å². The van der Waals surface area contributed by atoms with Crippen LogP contribution in [-0.4, -0.2) is 112 Å². The van der Waals surface area contributed by atoms with Crippen LogP contribution in [0.15, 0.2) is 61.2 Å². The number of hydrogen-bond donors (Lipinski definition) is 3. The zero-order valence-electron chi connectivity index (χ0n) is 32.7. The summed E-state index contributed by atoms with van der Waals surface area (Å²) in [7, 11) is -5.07. The number of carbonyl (C=O) groups is 1. The summed E-state index contributed by atoms with van der Waals surface area (Å²) in [5.41, 5.74) is 0.295. The molecule has 0 aliphatic carbocycles. The minimum Gasteiger partial charge on any atom is -0.394 e. The van der Waals surface area contributed by atoms with E-state index in [-0.39, 0.29) is 53.2 Å². The van der Waals surface area contributed by atoms with Crippen LogP contribution in [0.25, 0.3) is 22.2 Å². The molecule has 1 amide bonds. The van der Waals surface area contributed by atoms with Gasteiger partial charge < -0.3 is 38.4 Å². The molecule has 3 N–H and O–H groups in total. The summed E-state index contributed by atoms with van der Waals surface area (Å²) in [4.78, 5) is 47.2. The number of nitriles is 2. The van der Waals surface area contributed by atoms with Gasteiger partial charge in [0, 0.05) is 17.5 Å². The number of fused-ring (bicyclic) bond motifs is 2. The molecule has 5 aromatic rings. The van der Waals surface area contributed by atoms with Crippen LogP contribution in [0.4, 0.5) is 15.9 Å². The molecule has 2 saturated heterocycles. The monoisotopic (exact) mass is 931 g/mol. The van der Waals surface area contributed by atoms with Crippen molar-refractivity contribution in [2.24, 2.45) is 5.92 Å². The molecule has 63 heavy (non-hydrogen) atoms. The highest BCUT2D eigenvalue weighted by atomic mass is 32.5. The summed E-state index contributed by atoms with van der Waals surface area (Å²) in [6.45, 7) is -4.59. The van der Waals surface area contributed by atoms with E-state index in [4.69, 9.17) is 49.2 Å². The van der Waals surface area contributed by atoms with Crippen LogP contribution < -0.4 is 5.32 Å². The second kappa shape index (κ2) is 19.6. The van der Waals surface area contributed by atoms with Gasteiger partial charge in [0.15, 0.2) is 41.1 Å². The molecule has 0 radical (unpaired) electrons. The highest BCUT2D eigenvalue weighted by molar-refractivity contribution is 8.07. The third-order valence-electron chi connectivity index (χ3n) is 9.75. The molecular weight excluding hydrogens is 895 g/mol. The Morgan fingerprint density at radius 2 is 1.73 bits per heavy atom. The van der Waals surface area contributed by atoms with Gasteiger partial charge in [0.05, 0.1) is 68.2 Å². The van der Waals surface area contributed by atoms with E-state index in [0.717, 1.165) is 17.2 Å². The number of nitro benzene ring substituents is 1. The molecular formula is C35H36FN11O13P2S. The second-order valence-corrected chi connectivity index (χ2v) is 18.1. The predicted molar refractivity (Wildman–Crippen MR) is 215 cm³/mol. The normalized spacial score (nSPS) is 25.3. The van der Waals surface area contributed by atoms with E-state index in [1.165, 1.54) is 16.8 Å². The van der Waals surface area contributed by atoms with Crippen molar-refractivity contribution in [3.8, 4) is 12.1 Å². The van der Waals surface area contributed by atoms with Gasteiger partial charge in [-0.2, -0.15) is 10.5 Å². The van der Waals surface area contributed by atoms with E-state index >= 15 is 4.39 Å². The zero-order chi connectivity index (χ0) is 44.9. The molecule has 7 rings (SSSR count). The Morgan fingerprint density at radius 3 is 2.44 bits per heavy atom. The molecule has 0 bridgehead atoms. The standard InChI is InChI=1S/C35H36FN11O13P2S/c1-20-29(24(16-48)57-34(20)46-22-10-5-11-23(47(50)51)27(22)43-44-46)60-62(63,55-15-7-13-38)56-17-25-30(59-61(52,53)54-14-6-12-37)26(36)35(58-25)45-19-41-28-31(39-18-40-32(28)45)42-33(49)21-8-3-2-4-9-21/h2-5,8-11,18-20,24-26,29-30,34-35,48H,6-7,14-17H2,1H3,(H,52,53)(H,39,40,42,49)/t20-,24-,25-,26-,29+,30-,34-,35-,62?/m1/s1. The fourth-order valence-electron chi connectivity index (χ4n) is 6.84. The largest absolute Gasteiger partial charge is 0.472 e. The van der Waals surface area contributed by atoms with Crippen molar-refractivity contribution in [2.75, 3.05) is 31.7 Å². The first kappa shape index (κ1) is 45.7. The Kier molecular flexibility index (Phi) is 14.2. The summed E-state index contributed by atoms with van der Waals surface area (Å²) in [6, 6.07) is 16.2. The number of nitrogens with zero attached hydrogens (tertiary/aromatic N) is 10. The molecule has 2 aromatic carbocycles. The van der Waals surface area contributed by atoms with Gasteiger partial charge in [-0.3, -0.25) is 28.5 Å². The number of aromatic nitrogens is 7. The molecule has 0 saturated carbocycles. The van der Waals surface area contributed by atoms with Gasteiger partial charge >= 0.3 is 14.5 Å². The Hall–Kier alpha value is -5.31. The Balaban J connectivity index is 1.15. The number of non-ortho nitro benzene ring substituents is 1. The van der Waals surface area contributed by atoms with Gasteiger partial charge in [-0.1, -0.05) is 36.4 Å². The lowest BCUT2D eigenvalue weighted by atomic mass is 10.0. The summed E-state index contributed by atoms with van der Waals surface area (Å²) >= 11 is 5.78. The Bertz CT molecular complexity index is 2650. The minimum absolute atomic E-state index is 0.0105. The number of benzene rings is 2. The first-order chi connectivity index (χ1) is 30.3. The number of ether oxygens (including phenoxy) is 2. The molecule has 10 atom stereocenters. The van der Waals surface area contributed by atoms with E-state index in [2.05, 4.69) is 30.6 Å². The molecule has 3 aromatic heterocycles. The molecule has 332 valence electrons. The smallest absolute Gasteiger partial charge is 0.394 e. The molecule has 2 aliphatic heterocycles. The number of phosphoric ester groups is 1. The van der Waals surface area contributed by atoms with Crippen LogP contribution in [0, 0.1) is 38.7 Å². The molecule has 28 heteroatoms. The van der Waals surface area contributed by atoms with Gasteiger partial charge in [-0.05, 0) is 30.0 Å². The fraction of sp³-hybridized carbons (Fsp3) is 0.429. The van der Waals surface area contributed by atoms with Gasteiger partial charge in [0.25, 0.3) is 11.6 Å². The first-order valence-electron chi connectivity index (χ1n) is 18.8. The highest BCUT2D eigenvalue weighted by Crippen LogP contribution is 2.56. The predicted octanol–water partition coefficient (Wildman–Crippen LogP) is 4.17. The number of anilines is 1. The number of amides is 1. The summed E-state index contributed by atoms with van der Waals surface area (Å²) in [5.74, 6) is -1.25. The van der Waals surface area contributed by atoms with Crippen molar-refractivity contribution in [2.45, 2.75) is 62.8 Å². The zero-order valence-corrected chi connectivity index (χ0v) is 35.3. The number of aliphatic hydroxyl groups excluding tert-OH is 1. The van der Waals surface area contributed by atoms with E-state index in [1.54, 1.807) is 49.4 Å². The van der Waals surface area contributed by atoms with Crippen LogP contribution >= 0.6 is 14.5 Å². The maximum absolute atomic E-state index is 16.7. The highest BCUT2D eigenvalue weighted by Gasteiger charge is 2.52. The first-order valence-corrected chi connectivity index (χ1v) is 22.9. The number of halogens is 1. The summed E-state index contributed by atoms with van der Waals surface area (Å²) in [6.07, 6.45) is -8.89. The quantitative estimate of drug-likeness (QED) is 0.0453. The van der Waals surface area contributed by atoms with Crippen molar-refractivity contribution in [3.05, 3.63) is 76.9 Å². The maximum Gasteiger partial charge on any atom is 0.472 e. The Morgan fingerprint density at radius 1 is 1.00 bits per heavy atom. The lowest BCUT2D eigenvalue weighted by molar-refractivity contribution is -0.383. The number of hydrogen-bond acceptors (Lipinski definition) is 20. The SMILES string of the molecule is C[C@@H]1[C@H](OP(=S)(OCCC#N)OC[C@H]2O[C@@H](n3cnc4c(NC(=O)c5ccccc5)ncnc43)[C@H](F)[C@@H]2OP(=O)(O)OCCC#N)[C@@H](CO)O[C@H]1n1nnc2c([N+](=O)[O-])cccc21. The number of imidazole rings is 1. The minimum atomic E-state index is -5.07. The number of aliphatic hydroxyl groups is 1. The van der Waals surface area contributed by atoms with Crippen LogP contribution in [0.1, 0.15) is 42.6 Å². The lowest BCUT2D eigenvalue weighted by Gasteiger charge is -2.30. The van der Waals surface area contributed by atoms with Crippen LogP contribution in [0.2, 0.25) is 0 Å². The number of carbonyl (C=O) groups excluding carboxylic acids is 1. The van der Waals surface area contributed by atoms with Crippen molar-refractivity contribution < 1.29 is 60.8 Å². The van der Waals surface area contributed by atoms with Crippen LogP contribution in [0.5, 0.6) is 0 Å². The molecule has 2 aliphatic rings. The Labute approximate surface area is 360 Å². The van der Waals surface area contributed by atoms with Crippen LogP contribution in [-0.2, 0) is 48.5 Å². The van der Waals surface area contributed by atoms with Gasteiger partial charge in [0.1, 0.15) is 30.7 Å². The van der Waals surface area contributed by atoms with Crippen molar-refractivity contribution >= 4 is 66.0 Å². The summed E-state index contributed by atoms with van der Waals surface area (Å²) in [5, 5.41) is 50.9. The van der Waals surface area contributed by atoms with Crippen LogP contribution in [0.3, 0.4) is 0 Å². The molecule has 5 heterocycles. The number of rotatable bonds is 19. The third-order valence-corrected chi connectivity index (χ3v) is 13.1. The van der Waals surface area contributed by atoms with E-state index in [1.807, 2.05) is 6.07 Å². The van der Waals surface area contributed by atoms with Crippen molar-refractivity contribution in [1.29, 1.82) is 10.5 Å². The molecule has 24 nitrogen and oxygen atoms in total. The molecule has 2 fully saturated rings. The van der Waals surface area contributed by atoms with E-state index in [0.29, 0.717) is 5.56 Å². The maximum atomic E-state index is 16.7. The second-order valence-electron chi connectivity index (χ2n) is 13.8. The van der Waals surface area contributed by atoms with Crippen molar-refractivity contribution in [3.63, 3.8) is 0 Å². The molecule has 0 spiro atoms.